The average Bonchev–Trinajstić information content (AvgIpc) is 1.10. The van der Waals surface area contributed by atoms with Crippen molar-refractivity contribution in [1.82, 2.24) is 0 Å². The third kappa shape index (κ3) is 24.5. The Hall–Kier alpha value is -2.40. The van der Waals surface area contributed by atoms with Gasteiger partial charge in [-0.25, -0.2) is 0 Å². The van der Waals surface area contributed by atoms with Crippen LogP contribution >= 0.6 is 139 Å². The summed E-state index contributed by atoms with van der Waals surface area (Å²) in [6, 6.07) is 28.7. The molecule has 0 atom stereocenters. The number of ether oxygens (including phenoxy) is 6. The summed E-state index contributed by atoms with van der Waals surface area (Å²) in [5.74, 6) is 5.85. The van der Waals surface area contributed by atoms with Crippen LogP contribution in [-0.2, 0) is 98.7 Å². The minimum Gasteiger partial charge on any atom is -0.496 e. The van der Waals surface area contributed by atoms with Crippen molar-refractivity contribution in [3.63, 3.8) is 0 Å². The van der Waals surface area contributed by atoms with Crippen molar-refractivity contribution in [2.24, 2.45) is 0 Å². The number of aryl methyl sites for hydroxylation is 12. The van der Waals surface area contributed by atoms with Gasteiger partial charge in [-0.1, -0.05) is 271 Å². The summed E-state index contributed by atoms with van der Waals surface area (Å²) in [6.45, 7) is 27.7. The Kier molecular flexibility index (Phi) is 33.0. The Morgan fingerprint density at radius 1 is 0.217 bits per heavy atom. The number of benzene rings is 6. The van der Waals surface area contributed by atoms with E-state index in [9.17, 15) is 0 Å². The zero-order valence-electron chi connectivity index (χ0n) is 56.7. The maximum absolute atomic E-state index is 6.56. The van der Waals surface area contributed by atoms with Crippen molar-refractivity contribution in [3.8, 4) is 45.6 Å². The predicted molar refractivity (Wildman–Crippen MR) is 402 cm³/mol. The zero-order chi connectivity index (χ0) is 69.4. The molecule has 12 bridgehead atoms. The highest BCUT2D eigenvalue weighted by atomic mass is 35.6. The number of fused-ring (bicyclic) bond motifs is 12. The standard InChI is InChI=1S/C70H90O6.4CHCl3/c1-67(2,3)57-35-47-23-19-43-31-55(32-44(61(43)71-13)20-24-48-36-58(68(4,5)6)40-52(64(48)74-16)28-27-51(39-57)63(47)73-15)56-33-45-21-25-49-37-59(69(7,8)9)41-53(65(49)75-17)29-30-54-42-60(70(10,11)12)38-50(66(54)76-18)26-22-46(34-56)62(45)72-14;4*2-1(3)4/h31-42H,19-30H2,1-18H3;4*1H. The molecule has 8 rings (SSSR count). The number of methoxy groups -OCH3 is 6. The molecule has 92 heavy (non-hydrogen) atoms. The molecule has 0 fully saturated rings. The van der Waals surface area contributed by atoms with Gasteiger partial charge in [0.1, 0.15) is 34.5 Å². The summed E-state index contributed by atoms with van der Waals surface area (Å²) < 4.78 is 35.8. The minimum atomic E-state index is -0.750. The van der Waals surface area contributed by atoms with Crippen LogP contribution in [-0.4, -0.2) is 59.8 Å². The Labute approximate surface area is 611 Å². The molecule has 0 amide bonds. The number of hydrogen-bond acceptors (Lipinski definition) is 6. The van der Waals surface area contributed by atoms with Crippen LogP contribution < -0.4 is 28.4 Å². The molecule has 6 nitrogen and oxygen atoms in total. The lowest BCUT2D eigenvalue weighted by atomic mass is 9.82. The van der Waals surface area contributed by atoms with E-state index in [0.717, 1.165) is 112 Å². The topological polar surface area (TPSA) is 55.4 Å². The summed E-state index contributed by atoms with van der Waals surface area (Å²) in [4.78, 5) is 0. The molecule has 0 spiro atoms. The van der Waals surface area contributed by atoms with Crippen LogP contribution in [0.15, 0.2) is 72.8 Å². The SMILES string of the molecule is COc1c2cc(-c3cc4c(OC)c(c3)CCc3cc(C(C)(C)C)cc(c3OC)CCc3cc(C(C)(C)C)cc(c3OC)CC4)cc1CCc1cc(C(C)(C)C)cc(c1OC)CCc1cc(C(C)(C)C)cc(c1OC)CC2.ClC(Cl)Cl.ClC(Cl)Cl.ClC(Cl)Cl.ClC(Cl)Cl. The molecule has 6 aromatic carbocycles. The summed E-state index contributed by atoms with van der Waals surface area (Å²) in [5.41, 5.74) is 22.1. The van der Waals surface area contributed by atoms with Crippen molar-refractivity contribution < 1.29 is 28.4 Å². The number of alkyl halides is 12. The van der Waals surface area contributed by atoms with Gasteiger partial charge in [0.25, 0.3) is 0 Å². The summed E-state index contributed by atoms with van der Waals surface area (Å²) in [6.07, 6.45) is 9.74. The minimum absolute atomic E-state index is 0.0495. The van der Waals surface area contributed by atoms with Crippen molar-refractivity contribution >= 4 is 139 Å². The Balaban J connectivity index is 0.00000101. The third-order valence-corrected chi connectivity index (χ3v) is 16.5. The first kappa shape index (κ1) is 82.0. The fourth-order valence-electron chi connectivity index (χ4n) is 12.0. The maximum atomic E-state index is 6.56. The lowest BCUT2D eigenvalue weighted by Crippen LogP contribution is -2.15. The van der Waals surface area contributed by atoms with E-state index in [-0.39, 0.29) is 21.7 Å². The second-order valence-electron chi connectivity index (χ2n) is 27.0. The van der Waals surface area contributed by atoms with E-state index in [4.69, 9.17) is 168 Å². The zero-order valence-corrected chi connectivity index (χ0v) is 65.8. The van der Waals surface area contributed by atoms with E-state index in [2.05, 4.69) is 156 Å². The van der Waals surface area contributed by atoms with E-state index >= 15 is 0 Å². The molecule has 0 heterocycles. The molecule has 0 radical (unpaired) electrons. The smallest absolute Gasteiger partial charge is 0.180 e. The maximum Gasteiger partial charge on any atom is 0.180 e. The van der Waals surface area contributed by atoms with E-state index in [0.29, 0.717) is 0 Å². The average molecular weight is 1500 g/mol. The second kappa shape index (κ2) is 37.0. The first-order valence-corrected chi connectivity index (χ1v) is 36.0. The van der Waals surface area contributed by atoms with Crippen LogP contribution in [0, 0.1) is 0 Å². The Bertz CT molecular complexity index is 2910. The first-order valence-electron chi connectivity index (χ1n) is 30.7. The van der Waals surface area contributed by atoms with Crippen molar-refractivity contribution in [2.75, 3.05) is 42.7 Å². The molecule has 0 saturated carbocycles. The van der Waals surface area contributed by atoms with Crippen LogP contribution in [0.4, 0.5) is 0 Å². The molecular formula is C74H94Cl12O6. The molecule has 0 aliphatic heterocycles. The van der Waals surface area contributed by atoms with Gasteiger partial charge < -0.3 is 28.4 Å². The van der Waals surface area contributed by atoms with Crippen LogP contribution in [0.25, 0.3) is 11.1 Å². The predicted octanol–water partition coefficient (Wildman–Crippen LogP) is 23.9. The van der Waals surface area contributed by atoms with Crippen molar-refractivity contribution in [1.29, 1.82) is 0 Å². The highest BCUT2D eigenvalue weighted by Crippen LogP contribution is 2.44. The molecule has 2 aliphatic rings. The van der Waals surface area contributed by atoms with Gasteiger partial charge in [0.15, 0.2) is 17.2 Å². The molecule has 0 unspecified atom stereocenters. The van der Waals surface area contributed by atoms with E-state index in [1.165, 1.54) is 100 Å². The van der Waals surface area contributed by atoms with Gasteiger partial charge in [0, 0.05) is 0 Å². The first-order chi connectivity index (χ1) is 42.8. The van der Waals surface area contributed by atoms with E-state index < -0.39 is 17.2 Å². The van der Waals surface area contributed by atoms with Gasteiger partial charge in [-0.05, 0) is 223 Å². The quantitative estimate of drug-likeness (QED) is 0.149. The number of hydrogen-bond donors (Lipinski definition) is 0. The number of rotatable bonds is 7. The lowest BCUT2D eigenvalue weighted by Gasteiger charge is -2.25. The summed E-state index contributed by atoms with van der Waals surface area (Å²) in [7, 11) is 11.0. The molecule has 6 aromatic rings. The van der Waals surface area contributed by atoms with Crippen molar-refractivity contribution in [3.05, 3.63) is 162 Å². The number of halogens is 12. The van der Waals surface area contributed by atoms with E-state index in [1.54, 1.807) is 0 Å². The van der Waals surface area contributed by atoms with Crippen LogP contribution in [0.3, 0.4) is 0 Å². The van der Waals surface area contributed by atoms with Crippen LogP contribution in [0.5, 0.6) is 34.5 Å². The van der Waals surface area contributed by atoms with Crippen LogP contribution in [0.2, 0.25) is 0 Å². The van der Waals surface area contributed by atoms with Gasteiger partial charge in [-0.2, -0.15) is 0 Å². The largest absolute Gasteiger partial charge is 0.496 e. The Morgan fingerprint density at radius 3 is 0.402 bits per heavy atom. The van der Waals surface area contributed by atoms with Gasteiger partial charge in [-0.3, -0.25) is 0 Å². The highest BCUT2D eigenvalue weighted by Gasteiger charge is 2.28. The normalized spacial score (nSPS) is 13.6. The second-order valence-corrected chi connectivity index (χ2v) is 34.9. The molecular weight excluding hydrogens is 1410 g/mol. The molecule has 18 heteroatoms. The molecule has 0 saturated heterocycles. The van der Waals surface area contributed by atoms with Gasteiger partial charge in [0.05, 0.1) is 42.7 Å². The van der Waals surface area contributed by atoms with Crippen LogP contribution in [0.1, 0.15) is 172 Å². The van der Waals surface area contributed by atoms with E-state index in [1.807, 2.05) is 42.7 Å². The van der Waals surface area contributed by atoms with Gasteiger partial charge in [0.2, 0.25) is 0 Å². The fraction of sp³-hybridized carbons (Fsp3) is 0.514. The molecule has 510 valence electrons. The lowest BCUT2D eigenvalue weighted by molar-refractivity contribution is 0.399. The molecule has 0 aromatic heterocycles. The summed E-state index contributed by atoms with van der Waals surface area (Å²) in [5, 5.41) is 0. The Morgan fingerprint density at radius 2 is 0.315 bits per heavy atom. The fourth-order valence-corrected chi connectivity index (χ4v) is 12.0. The molecule has 0 N–H and O–H groups in total. The third-order valence-electron chi connectivity index (χ3n) is 16.5. The molecule has 2 aliphatic carbocycles. The monoisotopic (exact) mass is 1500 g/mol. The van der Waals surface area contributed by atoms with Crippen molar-refractivity contribution in [2.45, 2.75) is 199 Å². The van der Waals surface area contributed by atoms with Gasteiger partial charge in [-0.15, -0.1) is 0 Å². The van der Waals surface area contributed by atoms with Gasteiger partial charge >= 0.3 is 0 Å². The highest BCUT2D eigenvalue weighted by molar-refractivity contribution is 6.64. The summed E-state index contributed by atoms with van der Waals surface area (Å²) >= 11 is 57.7.